The molecule has 2 rings (SSSR count). The Hall–Kier alpha value is -1.73. The zero-order valence-corrected chi connectivity index (χ0v) is 7.58. The molecule has 0 aromatic carbocycles. The van der Waals surface area contributed by atoms with Gasteiger partial charge in [0.25, 0.3) is 0 Å². The van der Waals surface area contributed by atoms with Crippen molar-refractivity contribution in [1.82, 2.24) is 14.8 Å². The van der Waals surface area contributed by atoms with Gasteiger partial charge in [-0.3, -0.25) is 0 Å². The van der Waals surface area contributed by atoms with Gasteiger partial charge in [-0.15, -0.1) is 0 Å². The monoisotopic (exact) mass is 207 g/mol. The second kappa shape index (κ2) is 3.80. The van der Waals surface area contributed by atoms with Crippen molar-refractivity contribution in [3.8, 4) is 5.82 Å². The van der Waals surface area contributed by atoms with Crippen molar-refractivity contribution in [2.45, 2.75) is 0 Å². The maximum Gasteiger partial charge on any atom is 0.493 e. The summed E-state index contributed by atoms with van der Waals surface area (Å²) < 4.78 is 14.7. The number of rotatable bonds is 2. The average Bonchev–Trinajstić information content (AvgIpc) is 2.69. The molecule has 0 spiro atoms. The molecule has 7 heteroatoms. The molecule has 0 saturated carbocycles. The van der Waals surface area contributed by atoms with Crippen LogP contribution in [0.5, 0.6) is 0 Å². The third kappa shape index (κ3) is 1.88. The van der Waals surface area contributed by atoms with Crippen molar-refractivity contribution in [3.05, 3.63) is 36.5 Å². The van der Waals surface area contributed by atoms with Crippen LogP contribution in [0, 0.1) is 5.82 Å². The topological polar surface area (TPSA) is 71.2 Å². The Morgan fingerprint density at radius 2 is 2.20 bits per heavy atom. The molecule has 76 valence electrons. The summed E-state index contributed by atoms with van der Waals surface area (Å²) in [7, 11) is -1.86. The summed E-state index contributed by atoms with van der Waals surface area (Å²) in [4.78, 5) is 3.84. The molecule has 0 radical (unpaired) electrons. The maximum absolute atomic E-state index is 13.3. The molecule has 0 unspecified atom stereocenters. The molecule has 0 aliphatic heterocycles. The molecular formula is C8H7BFN3O2. The van der Waals surface area contributed by atoms with Gasteiger partial charge in [0, 0.05) is 30.1 Å². The van der Waals surface area contributed by atoms with Crippen molar-refractivity contribution >= 4 is 12.6 Å². The van der Waals surface area contributed by atoms with Crippen LogP contribution in [0.15, 0.2) is 30.7 Å². The minimum Gasteiger partial charge on any atom is -0.423 e. The first-order chi connectivity index (χ1) is 7.18. The lowest BCUT2D eigenvalue weighted by atomic mass is 9.81. The maximum atomic E-state index is 13.3. The van der Waals surface area contributed by atoms with Crippen molar-refractivity contribution in [1.29, 1.82) is 0 Å². The van der Waals surface area contributed by atoms with Crippen LogP contribution in [0.1, 0.15) is 0 Å². The quantitative estimate of drug-likeness (QED) is 0.625. The van der Waals surface area contributed by atoms with Crippen molar-refractivity contribution in [3.63, 3.8) is 0 Å². The van der Waals surface area contributed by atoms with Crippen LogP contribution in [0.2, 0.25) is 0 Å². The number of halogens is 1. The van der Waals surface area contributed by atoms with Crippen LogP contribution < -0.4 is 5.46 Å². The number of aromatic nitrogens is 3. The second-order valence-electron chi connectivity index (χ2n) is 2.89. The van der Waals surface area contributed by atoms with Crippen LogP contribution in [0.3, 0.4) is 0 Å². The zero-order valence-electron chi connectivity index (χ0n) is 7.58. The fourth-order valence-electron chi connectivity index (χ4n) is 1.15. The van der Waals surface area contributed by atoms with Gasteiger partial charge in [0.2, 0.25) is 0 Å². The molecule has 0 bridgehead atoms. The number of nitrogens with zero attached hydrogens (tertiary/aromatic N) is 3. The van der Waals surface area contributed by atoms with E-state index in [1.54, 1.807) is 12.3 Å². The predicted octanol–water partition coefficient (Wildman–Crippen LogP) is -0.914. The molecule has 0 atom stereocenters. The van der Waals surface area contributed by atoms with E-state index in [-0.39, 0.29) is 11.3 Å². The Morgan fingerprint density at radius 3 is 2.73 bits per heavy atom. The number of pyridine rings is 1. The van der Waals surface area contributed by atoms with E-state index in [0.717, 1.165) is 12.3 Å². The number of hydrogen-bond donors (Lipinski definition) is 2. The van der Waals surface area contributed by atoms with Crippen LogP contribution in [-0.4, -0.2) is 31.9 Å². The molecule has 0 aliphatic rings. The first-order valence-corrected chi connectivity index (χ1v) is 4.20. The highest BCUT2D eigenvalue weighted by Crippen LogP contribution is 2.03. The normalized spacial score (nSPS) is 10.3. The lowest BCUT2D eigenvalue weighted by Gasteiger charge is -2.04. The van der Waals surface area contributed by atoms with Crippen LogP contribution in [0.25, 0.3) is 5.82 Å². The molecule has 15 heavy (non-hydrogen) atoms. The lowest BCUT2D eigenvalue weighted by molar-refractivity contribution is 0.422. The third-order valence-corrected chi connectivity index (χ3v) is 1.88. The van der Waals surface area contributed by atoms with E-state index >= 15 is 0 Å². The number of hydrogen-bond acceptors (Lipinski definition) is 4. The van der Waals surface area contributed by atoms with E-state index in [4.69, 9.17) is 10.0 Å². The Bertz CT molecular complexity index is 461. The Balaban J connectivity index is 2.42. The molecule has 2 heterocycles. The molecular weight excluding hydrogens is 200 g/mol. The van der Waals surface area contributed by atoms with Crippen molar-refractivity contribution in [2.75, 3.05) is 0 Å². The smallest absolute Gasteiger partial charge is 0.423 e. The van der Waals surface area contributed by atoms with E-state index in [1.807, 2.05) is 0 Å². The highest BCUT2D eigenvalue weighted by Gasteiger charge is 2.17. The van der Waals surface area contributed by atoms with E-state index in [0.29, 0.717) is 0 Å². The van der Waals surface area contributed by atoms with Crippen molar-refractivity contribution < 1.29 is 14.4 Å². The fourth-order valence-corrected chi connectivity index (χ4v) is 1.15. The van der Waals surface area contributed by atoms with E-state index in [2.05, 4.69) is 10.1 Å². The largest absolute Gasteiger partial charge is 0.493 e. The van der Waals surface area contributed by atoms with Gasteiger partial charge in [-0.05, 0) is 6.07 Å². The molecule has 0 aliphatic carbocycles. The van der Waals surface area contributed by atoms with Crippen molar-refractivity contribution in [2.24, 2.45) is 0 Å². The average molecular weight is 207 g/mol. The summed E-state index contributed by atoms with van der Waals surface area (Å²) in [5.41, 5.74) is -0.258. The fraction of sp³-hybridized carbons (Fsp3) is 0. The summed E-state index contributed by atoms with van der Waals surface area (Å²) in [6, 6.07) is 2.76. The van der Waals surface area contributed by atoms with E-state index in [1.165, 1.54) is 10.9 Å². The Morgan fingerprint density at radius 1 is 1.40 bits per heavy atom. The predicted molar refractivity (Wildman–Crippen MR) is 51.1 cm³/mol. The van der Waals surface area contributed by atoms with Gasteiger partial charge in [-0.25, -0.2) is 14.1 Å². The zero-order chi connectivity index (χ0) is 10.8. The van der Waals surface area contributed by atoms with Gasteiger partial charge in [0.05, 0.1) is 0 Å². The highest BCUT2D eigenvalue weighted by atomic mass is 19.1. The summed E-state index contributed by atoms with van der Waals surface area (Å²) in [6.45, 7) is 0. The summed E-state index contributed by atoms with van der Waals surface area (Å²) in [5, 5.41) is 21.4. The van der Waals surface area contributed by atoms with Gasteiger partial charge in [0.1, 0.15) is 5.82 Å². The Labute approximate surface area is 85.0 Å². The SMILES string of the molecule is OB(O)c1cnc(-n2cccn2)cc1F. The molecule has 0 saturated heterocycles. The van der Waals surface area contributed by atoms with Gasteiger partial charge in [-0.1, -0.05) is 0 Å². The lowest BCUT2D eigenvalue weighted by Crippen LogP contribution is -2.33. The molecule has 0 fully saturated rings. The van der Waals surface area contributed by atoms with Gasteiger partial charge < -0.3 is 10.0 Å². The van der Waals surface area contributed by atoms with E-state index < -0.39 is 12.9 Å². The first-order valence-electron chi connectivity index (χ1n) is 4.20. The summed E-state index contributed by atoms with van der Waals surface area (Å²) in [5.74, 6) is -0.451. The minimum absolute atomic E-state index is 0.258. The molecule has 0 amide bonds. The molecule has 2 aromatic heterocycles. The van der Waals surface area contributed by atoms with Crippen LogP contribution >= 0.6 is 0 Å². The molecule has 2 aromatic rings. The first kappa shape index (κ1) is 9.82. The molecule has 5 nitrogen and oxygen atoms in total. The van der Waals surface area contributed by atoms with E-state index in [9.17, 15) is 4.39 Å². The Kier molecular flexibility index (Phi) is 2.48. The minimum atomic E-state index is -1.86. The van der Waals surface area contributed by atoms with Crippen LogP contribution in [-0.2, 0) is 0 Å². The third-order valence-electron chi connectivity index (χ3n) is 1.88. The van der Waals surface area contributed by atoms with Gasteiger partial charge >= 0.3 is 7.12 Å². The summed E-state index contributed by atoms with van der Waals surface area (Å²) >= 11 is 0. The molecule has 2 N–H and O–H groups in total. The highest BCUT2D eigenvalue weighted by molar-refractivity contribution is 6.58. The second-order valence-corrected chi connectivity index (χ2v) is 2.89. The summed E-state index contributed by atoms with van der Waals surface area (Å²) in [6.07, 6.45) is 4.21. The van der Waals surface area contributed by atoms with Crippen LogP contribution in [0.4, 0.5) is 4.39 Å². The standard InChI is InChI=1S/C8H7BFN3O2/c10-7-4-8(13-3-1-2-12-13)11-5-6(7)9(14)15/h1-5,14-15H. The van der Waals surface area contributed by atoms with Gasteiger partial charge in [0.15, 0.2) is 5.82 Å². The van der Waals surface area contributed by atoms with Gasteiger partial charge in [-0.2, -0.15) is 5.10 Å².